The van der Waals surface area contributed by atoms with Gasteiger partial charge in [-0.1, -0.05) is 17.7 Å². The Morgan fingerprint density at radius 2 is 2.46 bits per heavy atom. The highest BCUT2D eigenvalue weighted by Crippen LogP contribution is 2.20. The van der Waals surface area contributed by atoms with E-state index in [1.54, 1.807) is 12.3 Å². The molecule has 1 aromatic rings. The maximum Gasteiger partial charge on any atom is 0.144 e. The average Bonchev–Trinajstić information content (AvgIpc) is 2.09. The summed E-state index contributed by atoms with van der Waals surface area (Å²) < 4.78 is 0. The molecule has 0 aliphatic rings. The molecule has 70 valence electrons. The van der Waals surface area contributed by atoms with E-state index in [1.807, 2.05) is 6.08 Å². The van der Waals surface area contributed by atoms with Gasteiger partial charge >= 0.3 is 0 Å². The van der Waals surface area contributed by atoms with Crippen LogP contribution in [-0.2, 0) is 0 Å². The molecule has 3 N–H and O–H groups in total. The van der Waals surface area contributed by atoms with E-state index in [-0.39, 0.29) is 0 Å². The first-order chi connectivity index (χ1) is 6.24. The largest absolute Gasteiger partial charge is 0.397 e. The summed E-state index contributed by atoms with van der Waals surface area (Å²) in [5, 5.41) is 3.62. The fraction of sp³-hybridized carbons (Fsp3) is 0.222. The molecule has 0 atom stereocenters. The van der Waals surface area contributed by atoms with E-state index in [2.05, 4.69) is 16.9 Å². The first-order valence-corrected chi connectivity index (χ1v) is 4.37. The van der Waals surface area contributed by atoms with Gasteiger partial charge in [0.25, 0.3) is 0 Å². The Kier molecular flexibility index (Phi) is 3.58. The maximum atomic E-state index is 5.88. The van der Waals surface area contributed by atoms with Gasteiger partial charge in [-0.15, -0.1) is 6.58 Å². The van der Waals surface area contributed by atoms with E-state index in [1.165, 1.54) is 0 Å². The van der Waals surface area contributed by atoms with Crippen LogP contribution in [0.15, 0.2) is 24.9 Å². The number of hydrogen-bond acceptors (Lipinski definition) is 3. The summed E-state index contributed by atoms with van der Waals surface area (Å²) in [5.41, 5.74) is 6.06. The molecule has 0 aromatic carbocycles. The second-order valence-corrected chi connectivity index (χ2v) is 3.01. The van der Waals surface area contributed by atoms with Gasteiger partial charge in [-0.05, 0) is 12.5 Å². The van der Waals surface area contributed by atoms with Crippen molar-refractivity contribution in [3.63, 3.8) is 0 Å². The molecule has 0 saturated heterocycles. The number of hydrogen-bond donors (Lipinski definition) is 2. The molecule has 0 saturated carbocycles. The lowest BCUT2D eigenvalue weighted by atomic mass is 10.4. The van der Waals surface area contributed by atoms with E-state index in [9.17, 15) is 0 Å². The zero-order valence-electron chi connectivity index (χ0n) is 7.26. The van der Waals surface area contributed by atoms with Crippen molar-refractivity contribution >= 4 is 23.1 Å². The number of nitrogens with two attached hydrogens (primary N) is 1. The van der Waals surface area contributed by atoms with Crippen molar-refractivity contribution < 1.29 is 0 Å². The van der Waals surface area contributed by atoms with Crippen molar-refractivity contribution in [3.05, 3.63) is 29.9 Å². The van der Waals surface area contributed by atoms with Gasteiger partial charge in [0, 0.05) is 6.54 Å². The summed E-state index contributed by atoms with van der Waals surface area (Å²) in [4.78, 5) is 4.05. The Hall–Kier alpha value is -1.22. The number of halogens is 1. The van der Waals surface area contributed by atoms with Crippen LogP contribution in [0.5, 0.6) is 0 Å². The lowest BCUT2D eigenvalue weighted by Crippen LogP contribution is -2.03. The third-order valence-corrected chi connectivity index (χ3v) is 1.79. The molecule has 0 amide bonds. The van der Waals surface area contributed by atoms with Gasteiger partial charge in [-0.3, -0.25) is 0 Å². The molecule has 1 aromatic heterocycles. The molecule has 0 aliphatic carbocycles. The average molecular weight is 198 g/mol. The van der Waals surface area contributed by atoms with Crippen LogP contribution in [0.4, 0.5) is 11.5 Å². The first-order valence-electron chi connectivity index (χ1n) is 4.00. The van der Waals surface area contributed by atoms with Crippen LogP contribution in [0.2, 0.25) is 5.02 Å². The third-order valence-electron chi connectivity index (χ3n) is 1.50. The highest BCUT2D eigenvalue weighted by Gasteiger charge is 1.99. The van der Waals surface area contributed by atoms with Crippen molar-refractivity contribution in [2.45, 2.75) is 6.42 Å². The van der Waals surface area contributed by atoms with Crippen molar-refractivity contribution in [3.8, 4) is 0 Å². The molecule has 3 nitrogen and oxygen atoms in total. The Bertz CT molecular complexity index is 299. The second-order valence-electron chi connectivity index (χ2n) is 2.60. The van der Waals surface area contributed by atoms with Crippen LogP contribution in [-0.4, -0.2) is 11.5 Å². The molecule has 0 radical (unpaired) electrons. The van der Waals surface area contributed by atoms with E-state index < -0.39 is 0 Å². The Morgan fingerprint density at radius 1 is 1.69 bits per heavy atom. The Balaban J connectivity index is 2.61. The number of anilines is 2. The van der Waals surface area contributed by atoms with Gasteiger partial charge in [-0.25, -0.2) is 4.98 Å². The Morgan fingerprint density at radius 3 is 3.08 bits per heavy atom. The molecule has 4 heteroatoms. The zero-order valence-corrected chi connectivity index (χ0v) is 8.01. The number of nitrogen functional groups attached to an aromatic ring is 1. The van der Waals surface area contributed by atoms with Crippen LogP contribution >= 0.6 is 11.6 Å². The van der Waals surface area contributed by atoms with Crippen molar-refractivity contribution in [1.82, 2.24) is 4.98 Å². The predicted octanol–water partition coefficient (Wildman–Crippen LogP) is 2.31. The monoisotopic (exact) mass is 197 g/mol. The number of aromatic nitrogens is 1. The van der Waals surface area contributed by atoms with Gasteiger partial charge in [0.05, 0.1) is 16.9 Å². The van der Waals surface area contributed by atoms with Gasteiger partial charge in [0.1, 0.15) is 5.82 Å². The van der Waals surface area contributed by atoms with Crippen LogP contribution in [0.25, 0.3) is 0 Å². The van der Waals surface area contributed by atoms with E-state index >= 15 is 0 Å². The molecular weight excluding hydrogens is 186 g/mol. The van der Waals surface area contributed by atoms with E-state index in [0.29, 0.717) is 16.5 Å². The minimum Gasteiger partial charge on any atom is -0.397 e. The number of pyridine rings is 1. The summed E-state index contributed by atoms with van der Waals surface area (Å²) in [5.74, 6) is 0.665. The van der Waals surface area contributed by atoms with Crippen LogP contribution in [0.3, 0.4) is 0 Å². The predicted molar refractivity (Wildman–Crippen MR) is 57.0 cm³/mol. The summed E-state index contributed by atoms with van der Waals surface area (Å²) in [6.07, 6.45) is 4.28. The van der Waals surface area contributed by atoms with E-state index in [0.717, 1.165) is 13.0 Å². The molecule has 0 fully saturated rings. The van der Waals surface area contributed by atoms with Crippen LogP contribution in [0.1, 0.15) is 6.42 Å². The van der Waals surface area contributed by atoms with Crippen molar-refractivity contribution in [2.75, 3.05) is 17.6 Å². The summed E-state index contributed by atoms with van der Waals surface area (Å²) >= 11 is 5.88. The summed E-state index contributed by atoms with van der Waals surface area (Å²) in [6.45, 7) is 4.39. The van der Waals surface area contributed by atoms with Gasteiger partial charge in [0.2, 0.25) is 0 Å². The normalized spacial score (nSPS) is 9.62. The van der Waals surface area contributed by atoms with Gasteiger partial charge in [-0.2, -0.15) is 0 Å². The third kappa shape index (κ3) is 2.95. The Labute approximate surface area is 82.6 Å². The van der Waals surface area contributed by atoms with Gasteiger partial charge < -0.3 is 11.1 Å². The molecule has 1 heterocycles. The summed E-state index contributed by atoms with van der Waals surface area (Å²) in [6, 6.07) is 1.67. The zero-order chi connectivity index (χ0) is 9.68. The number of nitrogens with zero attached hydrogens (tertiary/aromatic N) is 1. The first kappa shape index (κ1) is 9.86. The SMILES string of the molecule is C=CCCNc1ncc(N)cc1Cl. The topological polar surface area (TPSA) is 50.9 Å². The number of rotatable bonds is 4. The highest BCUT2D eigenvalue weighted by molar-refractivity contribution is 6.33. The molecule has 0 spiro atoms. The highest BCUT2D eigenvalue weighted by atomic mass is 35.5. The fourth-order valence-corrected chi connectivity index (χ4v) is 1.12. The van der Waals surface area contributed by atoms with Crippen molar-refractivity contribution in [2.24, 2.45) is 0 Å². The molecule has 0 unspecified atom stereocenters. The smallest absolute Gasteiger partial charge is 0.144 e. The minimum absolute atomic E-state index is 0.545. The molecule has 13 heavy (non-hydrogen) atoms. The maximum absolute atomic E-state index is 5.88. The van der Waals surface area contributed by atoms with Crippen LogP contribution < -0.4 is 11.1 Å². The molecule has 0 aliphatic heterocycles. The second kappa shape index (κ2) is 4.72. The lowest BCUT2D eigenvalue weighted by Gasteiger charge is -2.05. The standard InChI is InChI=1S/C9H12ClN3/c1-2-3-4-12-9-8(10)5-7(11)6-13-9/h2,5-6H,1,3-4,11H2,(H,12,13). The summed E-state index contributed by atoms with van der Waals surface area (Å²) in [7, 11) is 0. The molecular formula is C9H12ClN3. The van der Waals surface area contributed by atoms with E-state index in [4.69, 9.17) is 17.3 Å². The van der Waals surface area contributed by atoms with Gasteiger partial charge in [0.15, 0.2) is 0 Å². The minimum atomic E-state index is 0.545. The molecule has 1 rings (SSSR count). The fourth-order valence-electron chi connectivity index (χ4n) is 0.875. The quantitative estimate of drug-likeness (QED) is 0.575. The lowest BCUT2D eigenvalue weighted by molar-refractivity contribution is 1.05. The number of nitrogens with one attached hydrogen (secondary N) is 1. The molecule has 0 bridgehead atoms. The van der Waals surface area contributed by atoms with Crippen molar-refractivity contribution in [1.29, 1.82) is 0 Å². The van der Waals surface area contributed by atoms with Crippen LogP contribution in [0, 0.1) is 0 Å².